The van der Waals surface area contributed by atoms with Crippen molar-refractivity contribution in [3.05, 3.63) is 60.2 Å². The summed E-state index contributed by atoms with van der Waals surface area (Å²) in [5, 5.41) is 9.97. The second-order valence-electron chi connectivity index (χ2n) is 7.32. The fourth-order valence-electron chi connectivity index (χ4n) is 3.75. The van der Waals surface area contributed by atoms with Gasteiger partial charge in [0.2, 0.25) is 0 Å². The molecule has 7 nitrogen and oxygen atoms in total. The third-order valence-corrected chi connectivity index (χ3v) is 5.31. The number of aromatic nitrogens is 4. The highest BCUT2D eigenvalue weighted by Gasteiger charge is 2.14. The molecule has 2 aromatic carbocycles. The van der Waals surface area contributed by atoms with Gasteiger partial charge in [-0.15, -0.1) is 0 Å². The highest BCUT2D eigenvalue weighted by atomic mass is 16.1. The molecule has 2 aromatic heterocycles. The molecule has 0 saturated carbocycles. The van der Waals surface area contributed by atoms with E-state index in [2.05, 4.69) is 30.4 Å². The van der Waals surface area contributed by atoms with E-state index < -0.39 is 0 Å². The van der Waals surface area contributed by atoms with Crippen molar-refractivity contribution in [2.24, 2.45) is 0 Å². The number of piperidine rings is 1. The standard InChI is InChI=1S/C22H22N6O/c29-22(15-8-10-16(11-9-15)28-12-4-1-5-13-28)25-20-14-19(26-27-20)21-23-17-6-2-3-7-18(17)24-21/h2-3,6-11,14H,1,4-5,12-13H2,(H,23,24)(H2,25,26,27,29). The molecule has 7 heteroatoms. The number of rotatable bonds is 4. The van der Waals surface area contributed by atoms with Gasteiger partial charge in [0, 0.05) is 30.4 Å². The van der Waals surface area contributed by atoms with Crippen molar-refractivity contribution >= 4 is 28.4 Å². The summed E-state index contributed by atoms with van der Waals surface area (Å²) in [7, 11) is 0. The summed E-state index contributed by atoms with van der Waals surface area (Å²) >= 11 is 0. The Kier molecular flexibility index (Phi) is 4.48. The number of carbonyl (C=O) groups excluding carboxylic acids is 1. The van der Waals surface area contributed by atoms with Crippen molar-refractivity contribution in [2.45, 2.75) is 19.3 Å². The first-order chi connectivity index (χ1) is 14.3. The number of aromatic amines is 2. The van der Waals surface area contributed by atoms with Crippen LogP contribution in [0.3, 0.4) is 0 Å². The molecular formula is C22H22N6O. The summed E-state index contributed by atoms with van der Waals surface area (Å²) < 4.78 is 0. The minimum Gasteiger partial charge on any atom is -0.372 e. The van der Waals surface area contributed by atoms with E-state index in [1.807, 2.05) is 48.5 Å². The summed E-state index contributed by atoms with van der Waals surface area (Å²) in [6.07, 6.45) is 3.76. The minimum atomic E-state index is -0.183. The van der Waals surface area contributed by atoms with Gasteiger partial charge in [-0.25, -0.2) is 4.98 Å². The largest absolute Gasteiger partial charge is 0.372 e. The third-order valence-electron chi connectivity index (χ3n) is 5.31. The Hall–Kier alpha value is -3.61. The molecule has 1 fully saturated rings. The molecule has 5 rings (SSSR count). The first kappa shape index (κ1) is 17.5. The first-order valence-electron chi connectivity index (χ1n) is 9.93. The number of nitrogens with zero attached hydrogens (tertiary/aromatic N) is 3. The highest BCUT2D eigenvalue weighted by Crippen LogP contribution is 2.22. The number of benzene rings is 2. The van der Waals surface area contributed by atoms with Crippen molar-refractivity contribution in [2.75, 3.05) is 23.3 Å². The number of nitrogens with one attached hydrogen (secondary N) is 3. The molecule has 3 N–H and O–H groups in total. The van der Waals surface area contributed by atoms with Gasteiger partial charge in [0.25, 0.3) is 5.91 Å². The van der Waals surface area contributed by atoms with E-state index in [-0.39, 0.29) is 5.91 Å². The molecule has 0 unspecified atom stereocenters. The summed E-state index contributed by atoms with van der Waals surface area (Å²) in [5.74, 6) is 0.966. The van der Waals surface area contributed by atoms with Crippen molar-refractivity contribution < 1.29 is 4.79 Å². The number of anilines is 2. The molecular weight excluding hydrogens is 364 g/mol. The van der Waals surface area contributed by atoms with Crippen LogP contribution in [-0.4, -0.2) is 39.2 Å². The zero-order chi connectivity index (χ0) is 19.6. The van der Waals surface area contributed by atoms with Gasteiger partial charge in [0.05, 0.1) is 11.0 Å². The van der Waals surface area contributed by atoms with E-state index in [1.54, 1.807) is 6.07 Å². The van der Waals surface area contributed by atoms with Crippen LogP contribution in [0.5, 0.6) is 0 Å². The number of imidazole rings is 1. The van der Waals surface area contributed by atoms with Gasteiger partial charge in [-0.3, -0.25) is 9.89 Å². The van der Waals surface area contributed by atoms with Crippen molar-refractivity contribution in [1.29, 1.82) is 0 Å². The van der Waals surface area contributed by atoms with Gasteiger partial charge >= 0.3 is 0 Å². The van der Waals surface area contributed by atoms with Gasteiger partial charge < -0.3 is 15.2 Å². The van der Waals surface area contributed by atoms with E-state index >= 15 is 0 Å². The molecule has 0 radical (unpaired) electrons. The first-order valence-corrected chi connectivity index (χ1v) is 9.93. The molecule has 0 aliphatic carbocycles. The monoisotopic (exact) mass is 386 g/mol. The minimum absolute atomic E-state index is 0.183. The van der Waals surface area contributed by atoms with Crippen LogP contribution in [0.25, 0.3) is 22.6 Å². The molecule has 0 bridgehead atoms. The van der Waals surface area contributed by atoms with Gasteiger partial charge in [0.1, 0.15) is 5.69 Å². The van der Waals surface area contributed by atoms with Crippen LogP contribution in [0.2, 0.25) is 0 Å². The highest BCUT2D eigenvalue weighted by molar-refractivity contribution is 6.04. The zero-order valence-corrected chi connectivity index (χ0v) is 16.0. The quantitative estimate of drug-likeness (QED) is 0.490. The third kappa shape index (κ3) is 3.59. The lowest BCUT2D eigenvalue weighted by atomic mass is 10.1. The lowest BCUT2D eigenvalue weighted by Gasteiger charge is -2.28. The van der Waals surface area contributed by atoms with Crippen molar-refractivity contribution in [1.82, 2.24) is 20.2 Å². The number of hydrogen-bond acceptors (Lipinski definition) is 4. The van der Waals surface area contributed by atoms with E-state index in [4.69, 9.17) is 0 Å². The van der Waals surface area contributed by atoms with E-state index in [0.29, 0.717) is 17.2 Å². The van der Waals surface area contributed by atoms with E-state index in [0.717, 1.165) is 29.8 Å². The Morgan fingerprint density at radius 2 is 1.79 bits per heavy atom. The molecule has 1 aliphatic rings. The summed E-state index contributed by atoms with van der Waals surface area (Å²) in [6, 6.07) is 17.4. The number of amides is 1. The molecule has 146 valence electrons. The number of H-pyrrole nitrogens is 2. The average Bonchev–Trinajstić information content (AvgIpc) is 3.41. The summed E-state index contributed by atoms with van der Waals surface area (Å²) in [6.45, 7) is 2.17. The summed E-state index contributed by atoms with van der Waals surface area (Å²) in [5.41, 5.74) is 4.34. The number of para-hydroxylation sites is 2. The normalized spacial score (nSPS) is 14.3. The fourth-order valence-corrected chi connectivity index (χ4v) is 3.75. The van der Waals surface area contributed by atoms with Crippen molar-refractivity contribution in [3.8, 4) is 11.5 Å². The van der Waals surface area contributed by atoms with E-state index in [1.165, 1.54) is 24.9 Å². The van der Waals surface area contributed by atoms with Crippen LogP contribution in [0, 0.1) is 0 Å². The molecule has 0 atom stereocenters. The predicted molar refractivity (Wildman–Crippen MR) is 114 cm³/mol. The van der Waals surface area contributed by atoms with Gasteiger partial charge in [-0.05, 0) is 55.7 Å². The fraction of sp³-hybridized carbons (Fsp3) is 0.227. The summed E-state index contributed by atoms with van der Waals surface area (Å²) in [4.78, 5) is 22.8. The Morgan fingerprint density at radius 1 is 1.00 bits per heavy atom. The van der Waals surface area contributed by atoms with Crippen LogP contribution >= 0.6 is 0 Å². The number of carbonyl (C=O) groups is 1. The van der Waals surface area contributed by atoms with Crippen LogP contribution in [-0.2, 0) is 0 Å². The molecule has 0 spiro atoms. The molecule has 29 heavy (non-hydrogen) atoms. The predicted octanol–water partition coefficient (Wildman–Crippen LogP) is 4.20. The lowest BCUT2D eigenvalue weighted by Crippen LogP contribution is -2.29. The lowest BCUT2D eigenvalue weighted by molar-refractivity contribution is 0.102. The van der Waals surface area contributed by atoms with Gasteiger partial charge in [-0.1, -0.05) is 12.1 Å². The molecule has 1 aliphatic heterocycles. The zero-order valence-electron chi connectivity index (χ0n) is 16.0. The Bertz CT molecular complexity index is 1100. The molecule has 1 saturated heterocycles. The maximum atomic E-state index is 12.6. The van der Waals surface area contributed by atoms with Gasteiger partial charge in [-0.2, -0.15) is 5.10 Å². The maximum absolute atomic E-state index is 12.6. The SMILES string of the molecule is O=C(Nc1cc(-c2nc3ccccc3[nH]2)[nH]n1)c1ccc(N2CCCCC2)cc1. The van der Waals surface area contributed by atoms with Crippen molar-refractivity contribution in [3.63, 3.8) is 0 Å². The Morgan fingerprint density at radius 3 is 2.59 bits per heavy atom. The topological polar surface area (TPSA) is 89.7 Å². The second-order valence-corrected chi connectivity index (χ2v) is 7.32. The Labute approximate surface area is 168 Å². The molecule has 3 heterocycles. The molecule has 4 aromatic rings. The smallest absolute Gasteiger partial charge is 0.256 e. The number of hydrogen-bond donors (Lipinski definition) is 3. The van der Waals surface area contributed by atoms with Crippen LogP contribution < -0.4 is 10.2 Å². The Balaban J connectivity index is 1.28. The van der Waals surface area contributed by atoms with Gasteiger partial charge in [0.15, 0.2) is 11.6 Å². The maximum Gasteiger partial charge on any atom is 0.256 e. The van der Waals surface area contributed by atoms with Crippen LogP contribution in [0.4, 0.5) is 11.5 Å². The number of fused-ring (bicyclic) bond motifs is 1. The van der Waals surface area contributed by atoms with Crippen LogP contribution in [0.1, 0.15) is 29.6 Å². The van der Waals surface area contributed by atoms with Crippen LogP contribution in [0.15, 0.2) is 54.6 Å². The average molecular weight is 386 g/mol. The molecule has 1 amide bonds. The van der Waals surface area contributed by atoms with E-state index in [9.17, 15) is 4.79 Å². The second kappa shape index (κ2) is 7.43.